The number of nitrogens with one attached hydrogen (secondary N) is 3. The minimum absolute atomic E-state index is 0.0886. The van der Waals surface area contributed by atoms with Crippen LogP contribution in [0.2, 0.25) is 0 Å². The van der Waals surface area contributed by atoms with E-state index in [1.807, 2.05) is 13.8 Å². The monoisotopic (exact) mass is 434 g/mol. The Bertz CT molecular complexity index is 626. The Morgan fingerprint density at radius 2 is 1.68 bits per heavy atom. The van der Waals surface area contributed by atoms with Crippen molar-refractivity contribution in [1.29, 1.82) is 0 Å². The van der Waals surface area contributed by atoms with Gasteiger partial charge in [-0.05, 0) is 46.0 Å². The van der Waals surface area contributed by atoms with Gasteiger partial charge in [-0.1, -0.05) is 12.8 Å². The minimum atomic E-state index is 0.0886. The molecule has 0 bridgehead atoms. The van der Waals surface area contributed by atoms with Gasteiger partial charge in [-0.25, -0.2) is 0 Å². The van der Waals surface area contributed by atoms with E-state index in [9.17, 15) is 9.59 Å². The largest absolute Gasteiger partial charge is 0.355 e. The molecule has 3 aliphatic rings. The van der Waals surface area contributed by atoms with Crippen LogP contribution in [0.3, 0.4) is 0 Å². The number of aliphatic imine (C=N–C) groups is 1. The fraction of sp³-hybridized carbons (Fsp3) is 0.870. The number of rotatable bonds is 7. The molecule has 3 fully saturated rings. The Morgan fingerprint density at radius 1 is 1.00 bits per heavy atom. The second-order valence-corrected chi connectivity index (χ2v) is 9.66. The summed E-state index contributed by atoms with van der Waals surface area (Å²) in [7, 11) is 1.80. The number of guanidine groups is 1. The van der Waals surface area contributed by atoms with Gasteiger partial charge in [0.15, 0.2) is 5.96 Å². The van der Waals surface area contributed by atoms with Crippen LogP contribution in [0, 0.1) is 11.8 Å². The molecule has 2 atom stereocenters. The lowest BCUT2D eigenvalue weighted by molar-refractivity contribution is -0.140. The van der Waals surface area contributed by atoms with Crippen LogP contribution in [0.25, 0.3) is 0 Å². The first-order chi connectivity index (χ1) is 15.0. The number of piperazine rings is 1. The van der Waals surface area contributed by atoms with E-state index < -0.39 is 0 Å². The number of hydrogen-bond donors (Lipinski definition) is 3. The molecule has 2 unspecified atom stereocenters. The average Bonchev–Trinajstić information content (AvgIpc) is 2.72. The fourth-order valence-electron chi connectivity index (χ4n) is 4.79. The molecule has 2 amide bonds. The Morgan fingerprint density at radius 3 is 2.29 bits per heavy atom. The lowest BCUT2D eigenvalue weighted by Gasteiger charge is -2.38. The number of nitrogens with zero attached hydrogens (tertiary/aromatic N) is 3. The van der Waals surface area contributed by atoms with Crippen LogP contribution in [-0.2, 0) is 9.59 Å². The van der Waals surface area contributed by atoms with Crippen molar-refractivity contribution in [2.24, 2.45) is 16.8 Å². The Kier molecular flexibility index (Phi) is 8.99. The summed E-state index contributed by atoms with van der Waals surface area (Å²) in [5.74, 6) is 1.76. The normalized spacial score (nSPS) is 25.8. The highest BCUT2D eigenvalue weighted by molar-refractivity contribution is 5.81. The first-order valence-electron chi connectivity index (χ1n) is 12.2. The second kappa shape index (κ2) is 11.7. The van der Waals surface area contributed by atoms with E-state index in [-0.39, 0.29) is 23.9 Å². The van der Waals surface area contributed by atoms with Crippen molar-refractivity contribution in [3.63, 3.8) is 0 Å². The average molecular weight is 435 g/mol. The molecule has 0 radical (unpaired) electrons. The van der Waals surface area contributed by atoms with Gasteiger partial charge in [0.1, 0.15) is 0 Å². The third kappa shape index (κ3) is 7.09. The SMILES string of the molecule is CN=C(NCCN1CCN(C(=O)C2CCC2)CC1)NC1CCCC(C(=O)NC(C)C)C1. The summed E-state index contributed by atoms with van der Waals surface area (Å²) in [6.45, 7) is 9.37. The van der Waals surface area contributed by atoms with E-state index in [1.165, 1.54) is 6.42 Å². The molecule has 0 aromatic heterocycles. The van der Waals surface area contributed by atoms with Gasteiger partial charge in [0.05, 0.1) is 0 Å². The smallest absolute Gasteiger partial charge is 0.225 e. The third-order valence-electron chi connectivity index (χ3n) is 6.90. The number of hydrogen-bond acceptors (Lipinski definition) is 4. The van der Waals surface area contributed by atoms with E-state index in [1.54, 1.807) is 7.05 Å². The molecule has 8 nitrogen and oxygen atoms in total. The van der Waals surface area contributed by atoms with Crippen LogP contribution in [-0.4, -0.2) is 86.0 Å². The summed E-state index contributed by atoms with van der Waals surface area (Å²) >= 11 is 0. The molecule has 31 heavy (non-hydrogen) atoms. The summed E-state index contributed by atoms with van der Waals surface area (Å²) < 4.78 is 0. The van der Waals surface area contributed by atoms with E-state index in [2.05, 4.69) is 30.7 Å². The highest BCUT2D eigenvalue weighted by Gasteiger charge is 2.31. The summed E-state index contributed by atoms with van der Waals surface area (Å²) in [4.78, 5) is 33.6. The first-order valence-corrected chi connectivity index (χ1v) is 12.2. The highest BCUT2D eigenvalue weighted by Crippen LogP contribution is 2.28. The lowest BCUT2D eigenvalue weighted by Crippen LogP contribution is -2.53. The molecule has 176 valence electrons. The molecule has 2 saturated carbocycles. The van der Waals surface area contributed by atoms with Crippen LogP contribution in [0.4, 0.5) is 0 Å². The maximum atomic E-state index is 12.4. The van der Waals surface area contributed by atoms with Gasteiger partial charge in [0.25, 0.3) is 0 Å². The van der Waals surface area contributed by atoms with Crippen LogP contribution in [0.1, 0.15) is 58.8 Å². The van der Waals surface area contributed by atoms with Crippen molar-refractivity contribution in [2.75, 3.05) is 46.3 Å². The van der Waals surface area contributed by atoms with E-state index in [0.717, 1.165) is 83.8 Å². The van der Waals surface area contributed by atoms with Crippen LogP contribution < -0.4 is 16.0 Å². The van der Waals surface area contributed by atoms with E-state index >= 15 is 0 Å². The molecular formula is C23H42N6O2. The minimum Gasteiger partial charge on any atom is -0.355 e. The first kappa shape index (κ1) is 23.8. The van der Waals surface area contributed by atoms with Crippen LogP contribution >= 0.6 is 0 Å². The molecule has 3 N–H and O–H groups in total. The van der Waals surface area contributed by atoms with Crippen molar-refractivity contribution in [3.8, 4) is 0 Å². The Balaban J connectivity index is 1.33. The predicted molar refractivity (Wildman–Crippen MR) is 124 cm³/mol. The van der Waals surface area contributed by atoms with E-state index in [4.69, 9.17) is 0 Å². The van der Waals surface area contributed by atoms with Crippen molar-refractivity contribution in [3.05, 3.63) is 0 Å². The van der Waals surface area contributed by atoms with Gasteiger partial charge >= 0.3 is 0 Å². The molecule has 0 aromatic carbocycles. The van der Waals surface area contributed by atoms with Crippen molar-refractivity contribution < 1.29 is 9.59 Å². The maximum Gasteiger partial charge on any atom is 0.225 e. The zero-order valence-corrected chi connectivity index (χ0v) is 19.7. The Hall–Kier alpha value is -1.83. The molecule has 0 aromatic rings. The number of carbonyl (C=O) groups excluding carboxylic acids is 2. The van der Waals surface area contributed by atoms with Crippen molar-refractivity contribution in [2.45, 2.75) is 70.9 Å². The zero-order valence-electron chi connectivity index (χ0n) is 19.7. The second-order valence-electron chi connectivity index (χ2n) is 9.66. The Labute approximate surface area is 187 Å². The third-order valence-corrected chi connectivity index (χ3v) is 6.90. The zero-order chi connectivity index (χ0) is 22.2. The van der Waals surface area contributed by atoms with Gasteiger partial charge in [-0.3, -0.25) is 19.5 Å². The van der Waals surface area contributed by atoms with Gasteiger partial charge in [0, 0.05) is 70.2 Å². The molecular weight excluding hydrogens is 392 g/mol. The number of amides is 2. The highest BCUT2D eigenvalue weighted by atomic mass is 16.2. The molecule has 1 aliphatic heterocycles. The van der Waals surface area contributed by atoms with Crippen molar-refractivity contribution >= 4 is 17.8 Å². The number of carbonyl (C=O) groups is 2. The molecule has 1 heterocycles. The molecule has 1 saturated heterocycles. The van der Waals surface area contributed by atoms with E-state index in [0.29, 0.717) is 11.8 Å². The summed E-state index contributed by atoms with van der Waals surface area (Å²) in [5.41, 5.74) is 0. The summed E-state index contributed by atoms with van der Waals surface area (Å²) in [5, 5.41) is 9.99. The molecule has 2 aliphatic carbocycles. The molecule has 3 rings (SSSR count). The summed E-state index contributed by atoms with van der Waals surface area (Å²) in [6, 6.07) is 0.470. The van der Waals surface area contributed by atoms with Gasteiger partial charge in [-0.15, -0.1) is 0 Å². The molecule has 8 heteroatoms. The standard InChI is InChI=1S/C23H42N6O2/c1-17(2)26-21(30)19-8-5-9-20(16-19)27-23(24-3)25-10-11-28-12-14-29(15-13-28)22(31)18-6-4-7-18/h17-20H,4-16H2,1-3H3,(H,26,30)(H2,24,25,27). The fourth-order valence-corrected chi connectivity index (χ4v) is 4.79. The lowest BCUT2D eigenvalue weighted by atomic mass is 9.84. The predicted octanol–water partition coefficient (Wildman–Crippen LogP) is 1.18. The van der Waals surface area contributed by atoms with Crippen molar-refractivity contribution in [1.82, 2.24) is 25.8 Å². The van der Waals surface area contributed by atoms with Crippen LogP contribution in [0.15, 0.2) is 4.99 Å². The quantitative estimate of drug-likeness (QED) is 0.414. The topological polar surface area (TPSA) is 89.1 Å². The maximum absolute atomic E-state index is 12.4. The van der Waals surface area contributed by atoms with Gasteiger partial charge < -0.3 is 20.9 Å². The van der Waals surface area contributed by atoms with Crippen LogP contribution in [0.5, 0.6) is 0 Å². The van der Waals surface area contributed by atoms with Gasteiger partial charge in [0.2, 0.25) is 11.8 Å². The molecule has 0 spiro atoms. The van der Waals surface area contributed by atoms with Gasteiger partial charge in [-0.2, -0.15) is 0 Å². The summed E-state index contributed by atoms with van der Waals surface area (Å²) in [6.07, 6.45) is 7.34.